The number of hydrogen-bond acceptors (Lipinski definition) is 2. The maximum absolute atomic E-state index is 12.3. The molecule has 16 heavy (non-hydrogen) atoms. The minimum absolute atomic E-state index is 0.257. The summed E-state index contributed by atoms with van der Waals surface area (Å²) in [5.74, 6) is 0.676. The normalized spacial score (nSPS) is 32.2. The molecule has 1 aliphatic heterocycles. The molecule has 2 atom stereocenters. The second kappa shape index (κ2) is 4.36. The molecule has 3 nitrogen and oxygen atoms in total. The SMILES string of the molecule is CCN(C(=O)C1CC1(C)C)C1CCCNC1. The number of carbonyl (C=O) groups excluding carboxylic acids is 1. The Kier molecular flexibility index (Phi) is 3.24. The summed E-state index contributed by atoms with van der Waals surface area (Å²) in [6, 6.07) is 0.433. The quantitative estimate of drug-likeness (QED) is 0.790. The van der Waals surface area contributed by atoms with Gasteiger partial charge in [-0.05, 0) is 38.1 Å². The van der Waals surface area contributed by atoms with Crippen LogP contribution in [0.1, 0.15) is 40.0 Å². The molecular weight excluding hydrogens is 200 g/mol. The Morgan fingerprint density at radius 2 is 2.19 bits per heavy atom. The molecule has 1 saturated heterocycles. The van der Waals surface area contributed by atoms with Crippen molar-refractivity contribution in [1.29, 1.82) is 0 Å². The largest absolute Gasteiger partial charge is 0.338 e. The van der Waals surface area contributed by atoms with E-state index < -0.39 is 0 Å². The van der Waals surface area contributed by atoms with Crippen LogP contribution in [-0.4, -0.2) is 36.5 Å². The Morgan fingerprint density at radius 3 is 2.62 bits per heavy atom. The van der Waals surface area contributed by atoms with Crippen LogP contribution < -0.4 is 5.32 Å². The highest BCUT2D eigenvalue weighted by Gasteiger charge is 2.52. The van der Waals surface area contributed by atoms with Crippen LogP contribution in [0, 0.1) is 11.3 Å². The maximum atomic E-state index is 12.3. The fourth-order valence-corrected chi connectivity index (χ4v) is 2.78. The average Bonchev–Trinajstić information content (AvgIpc) is 2.90. The Morgan fingerprint density at radius 1 is 1.50 bits per heavy atom. The molecule has 0 aromatic rings. The lowest BCUT2D eigenvalue weighted by molar-refractivity contribution is -0.135. The number of piperidine rings is 1. The van der Waals surface area contributed by atoms with Gasteiger partial charge >= 0.3 is 0 Å². The van der Waals surface area contributed by atoms with Crippen molar-refractivity contribution in [3.05, 3.63) is 0 Å². The van der Waals surface area contributed by atoms with Crippen LogP contribution in [0.15, 0.2) is 0 Å². The summed E-state index contributed by atoms with van der Waals surface area (Å²) in [6.45, 7) is 9.44. The van der Waals surface area contributed by atoms with E-state index in [1.54, 1.807) is 0 Å². The van der Waals surface area contributed by atoms with Crippen molar-refractivity contribution in [1.82, 2.24) is 10.2 Å². The summed E-state index contributed by atoms with van der Waals surface area (Å²) >= 11 is 0. The van der Waals surface area contributed by atoms with Crippen LogP contribution in [0.2, 0.25) is 0 Å². The molecule has 1 heterocycles. The standard InChI is InChI=1S/C13H24N2O/c1-4-15(10-6-5-7-14-9-10)12(16)11-8-13(11,2)3/h10-11,14H,4-9H2,1-3H3. The van der Waals surface area contributed by atoms with Crippen molar-refractivity contribution >= 4 is 5.91 Å². The highest BCUT2D eigenvalue weighted by atomic mass is 16.2. The van der Waals surface area contributed by atoms with Gasteiger partial charge in [-0.15, -0.1) is 0 Å². The third-order valence-electron chi connectivity index (χ3n) is 4.15. The lowest BCUT2D eigenvalue weighted by atomic mass is 10.0. The van der Waals surface area contributed by atoms with Crippen molar-refractivity contribution in [2.75, 3.05) is 19.6 Å². The van der Waals surface area contributed by atoms with E-state index in [-0.39, 0.29) is 11.3 Å². The van der Waals surface area contributed by atoms with Gasteiger partial charge < -0.3 is 10.2 Å². The Balaban J connectivity index is 1.96. The van der Waals surface area contributed by atoms with Gasteiger partial charge in [-0.2, -0.15) is 0 Å². The minimum atomic E-state index is 0.257. The van der Waals surface area contributed by atoms with E-state index in [4.69, 9.17) is 0 Å². The molecule has 92 valence electrons. The molecule has 2 aliphatic rings. The summed E-state index contributed by atoms with van der Waals surface area (Å²) in [5, 5.41) is 3.39. The van der Waals surface area contributed by atoms with Crippen LogP contribution in [0.25, 0.3) is 0 Å². The first kappa shape index (κ1) is 11.9. The van der Waals surface area contributed by atoms with Crippen molar-refractivity contribution in [3.8, 4) is 0 Å². The Hall–Kier alpha value is -0.570. The van der Waals surface area contributed by atoms with E-state index in [1.165, 1.54) is 12.8 Å². The summed E-state index contributed by atoms with van der Waals surface area (Å²) < 4.78 is 0. The molecule has 2 rings (SSSR count). The predicted octanol–water partition coefficient (Wildman–Crippen LogP) is 1.63. The third-order valence-corrected chi connectivity index (χ3v) is 4.15. The number of hydrogen-bond donors (Lipinski definition) is 1. The van der Waals surface area contributed by atoms with E-state index in [9.17, 15) is 4.79 Å². The Bertz CT molecular complexity index is 269. The van der Waals surface area contributed by atoms with Crippen molar-refractivity contribution in [3.63, 3.8) is 0 Å². The van der Waals surface area contributed by atoms with Crippen LogP contribution >= 0.6 is 0 Å². The number of amides is 1. The van der Waals surface area contributed by atoms with Crippen molar-refractivity contribution in [2.24, 2.45) is 11.3 Å². The smallest absolute Gasteiger partial charge is 0.226 e. The maximum Gasteiger partial charge on any atom is 0.226 e. The molecular formula is C13H24N2O. The average molecular weight is 224 g/mol. The van der Waals surface area contributed by atoms with Gasteiger partial charge in [-0.1, -0.05) is 13.8 Å². The van der Waals surface area contributed by atoms with E-state index in [0.717, 1.165) is 26.1 Å². The monoisotopic (exact) mass is 224 g/mol. The van der Waals surface area contributed by atoms with Crippen LogP contribution in [0.3, 0.4) is 0 Å². The first-order chi connectivity index (χ1) is 7.56. The molecule has 0 spiro atoms. The number of carbonyl (C=O) groups is 1. The Labute approximate surface area is 98.6 Å². The highest BCUT2D eigenvalue weighted by molar-refractivity contribution is 5.82. The molecule has 1 aliphatic carbocycles. The fraction of sp³-hybridized carbons (Fsp3) is 0.923. The van der Waals surface area contributed by atoms with Gasteiger partial charge in [0.1, 0.15) is 0 Å². The molecule has 0 bridgehead atoms. The molecule has 0 aromatic heterocycles. The number of nitrogens with one attached hydrogen (secondary N) is 1. The van der Waals surface area contributed by atoms with Gasteiger partial charge in [0, 0.05) is 25.0 Å². The van der Waals surface area contributed by atoms with Crippen LogP contribution in [0.4, 0.5) is 0 Å². The lowest BCUT2D eigenvalue weighted by Crippen LogP contribution is -2.49. The second-order valence-corrected chi connectivity index (χ2v) is 5.87. The first-order valence-corrected chi connectivity index (χ1v) is 6.57. The van der Waals surface area contributed by atoms with E-state index >= 15 is 0 Å². The zero-order valence-electron chi connectivity index (χ0n) is 10.8. The molecule has 0 aromatic carbocycles. The van der Waals surface area contributed by atoms with E-state index in [0.29, 0.717) is 11.9 Å². The van der Waals surface area contributed by atoms with Crippen molar-refractivity contribution in [2.45, 2.75) is 46.1 Å². The summed E-state index contributed by atoms with van der Waals surface area (Å²) in [5.41, 5.74) is 0.257. The van der Waals surface area contributed by atoms with Gasteiger partial charge in [0.15, 0.2) is 0 Å². The van der Waals surface area contributed by atoms with Crippen molar-refractivity contribution < 1.29 is 4.79 Å². The zero-order valence-corrected chi connectivity index (χ0v) is 10.8. The minimum Gasteiger partial charge on any atom is -0.338 e. The van der Waals surface area contributed by atoms with E-state index in [1.807, 2.05) is 0 Å². The molecule has 2 fully saturated rings. The molecule has 1 N–H and O–H groups in total. The molecule has 2 unspecified atom stereocenters. The highest BCUT2D eigenvalue weighted by Crippen LogP contribution is 2.52. The number of rotatable bonds is 3. The third kappa shape index (κ3) is 2.24. The number of nitrogens with zero attached hydrogens (tertiary/aromatic N) is 1. The summed E-state index contributed by atoms with van der Waals surface area (Å²) in [6.07, 6.45) is 3.44. The lowest BCUT2D eigenvalue weighted by Gasteiger charge is -2.34. The topological polar surface area (TPSA) is 32.3 Å². The molecule has 3 heteroatoms. The zero-order chi connectivity index (χ0) is 11.8. The number of likely N-dealkylation sites (N-methyl/N-ethyl adjacent to an activating group) is 1. The fourth-order valence-electron chi connectivity index (χ4n) is 2.78. The molecule has 1 saturated carbocycles. The predicted molar refractivity (Wildman–Crippen MR) is 65.2 cm³/mol. The van der Waals surface area contributed by atoms with Gasteiger partial charge in [0.25, 0.3) is 0 Å². The second-order valence-electron chi connectivity index (χ2n) is 5.87. The van der Waals surface area contributed by atoms with Gasteiger partial charge in [-0.3, -0.25) is 4.79 Å². The summed E-state index contributed by atoms with van der Waals surface area (Å²) in [7, 11) is 0. The van der Waals surface area contributed by atoms with E-state index in [2.05, 4.69) is 31.0 Å². The van der Waals surface area contributed by atoms with Gasteiger partial charge in [-0.25, -0.2) is 0 Å². The van der Waals surface area contributed by atoms with Crippen LogP contribution in [-0.2, 0) is 4.79 Å². The van der Waals surface area contributed by atoms with Crippen LogP contribution in [0.5, 0.6) is 0 Å². The molecule has 1 amide bonds. The van der Waals surface area contributed by atoms with Gasteiger partial charge in [0.2, 0.25) is 5.91 Å². The molecule has 0 radical (unpaired) electrons. The summed E-state index contributed by atoms with van der Waals surface area (Å²) in [4.78, 5) is 14.5. The first-order valence-electron chi connectivity index (χ1n) is 6.57. The van der Waals surface area contributed by atoms with Gasteiger partial charge in [0.05, 0.1) is 0 Å².